The zero-order chi connectivity index (χ0) is 10.8. The fourth-order valence-corrected chi connectivity index (χ4v) is 1.62. The van der Waals surface area contributed by atoms with Gasteiger partial charge in [-0.25, -0.2) is 4.99 Å². The second-order valence-corrected chi connectivity index (χ2v) is 3.47. The van der Waals surface area contributed by atoms with Gasteiger partial charge in [0, 0.05) is 17.8 Å². The molecule has 1 aromatic heterocycles. The van der Waals surface area contributed by atoms with Gasteiger partial charge in [0.2, 0.25) is 0 Å². The quantitative estimate of drug-likeness (QED) is 0.785. The highest BCUT2D eigenvalue weighted by atomic mass is 16.3. The Bertz CT molecular complexity index is 572. The third-order valence-corrected chi connectivity index (χ3v) is 2.38. The summed E-state index contributed by atoms with van der Waals surface area (Å²) in [4.78, 5) is 4.26. The zero-order valence-electron chi connectivity index (χ0n) is 8.55. The Balaban J connectivity index is 2.09. The van der Waals surface area contributed by atoms with Crippen LogP contribution >= 0.6 is 0 Å². The van der Waals surface area contributed by atoms with Gasteiger partial charge in [0.1, 0.15) is 5.58 Å². The van der Waals surface area contributed by atoms with Crippen molar-refractivity contribution < 1.29 is 4.42 Å². The Morgan fingerprint density at radius 2 is 2.06 bits per heavy atom. The second-order valence-electron chi connectivity index (χ2n) is 3.47. The predicted octanol–water partition coefficient (Wildman–Crippen LogP) is 2.81. The van der Waals surface area contributed by atoms with Crippen LogP contribution in [0.5, 0.6) is 0 Å². The van der Waals surface area contributed by atoms with Crippen molar-refractivity contribution in [1.29, 1.82) is 0 Å². The number of benzene rings is 1. The van der Waals surface area contributed by atoms with E-state index < -0.39 is 0 Å². The summed E-state index contributed by atoms with van der Waals surface area (Å²) in [5, 5.41) is 4.15. The van der Waals surface area contributed by atoms with Crippen molar-refractivity contribution in [1.82, 2.24) is 5.32 Å². The van der Waals surface area contributed by atoms with Crippen LogP contribution in [0.1, 0.15) is 5.76 Å². The summed E-state index contributed by atoms with van der Waals surface area (Å²) >= 11 is 0. The van der Waals surface area contributed by atoms with E-state index in [2.05, 4.69) is 10.3 Å². The topological polar surface area (TPSA) is 37.5 Å². The minimum atomic E-state index is 0.723. The van der Waals surface area contributed by atoms with Crippen molar-refractivity contribution in [3.05, 3.63) is 60.6 Å². The smallest absolute Gasteiger partial charge is 0.173 e. The first-order valence-electron chi connectivity index (χ1n) is 5.08. The van der Waals surface area contributed by atoms with E-state index in [0.717, 1.165) is 22.6 Å². The molecular weight excluding hydrogens is 200 g/mol. The lowest BCUT2D eigenvalue weighted by Gasteiger charge is -1.98. The lowest BCUT2D eigenvalue weighted by atomic mass is 10.2. The second kappa shape index (κ2) is 3.70. The number of fused-ring (bicyclic) bond motifs is 1. The van der Waals surface area contributed by atoms with Crippen LogP contribution in [0, 0.1) is 0 Å². The highest BCUT2D eigenvalue weighted by Crippen LogP contribution is 2.19. The molecule has 0 saturated heterocycles. The molecule has 3 heteroatoms. The Hall–Kier alpha value is -2.29. The molecule has 0 aliphatic carbocycles. The molecule has 3 nitrogen and oxygen atoms in total. The molecule has 2 heterocycles. The highest BCUT2D eigenvalue weighted by molar-refractivity contribution is 6.00. The molecule has 0 spiro atoms. The Labute approximate surface area is 92.8 Å². The fourth-order valence-electron chi connectivity index (χ4n) is 1.62. The molecule has 0 amide bonds. The van der Waals surface area contributed by atoms with E-state index in [9.17, 15) is 0 Å². The molecule has 3 rings (SSSR count). The summed E-state index contributed by atoms with van der Waals surface area (Å²) in [6, 6.07) is 9.89. The molecule has 1 aliphatic heterocycles. The van der Waals surface area contributed by atoms with Crippen LogP contribution in [0.15, 0.2) is 64.3 Å². The van der Waals surface area contributed by atoms with E-state index in [1.807, 2.05) is 48.7 Å². The van der Waals surface area contributed by atoms with Crippen molar-refractivity contribution in [2.75, 3.05) is 0 Å². The van der Waals surface area contributed by atoms with Gasteiger partial charge < -0.3 is 9.73 Å². The predicted molar refractivity (Wildman–Crippen MR) is 64.2 cm³/mol. The van der Waals surface area contributed by atoms with Crippen LogP contribution in [0.2, 0.25) is 0 Å². The Morgan fingerprint density at radius 3 is 3.00 bits per heavy atom. The summed E-state index contributed by atoms with van der Waals surface area (Å²) in [7, 11) is 0. The van der Waals surface area contributed by atoms with Crippen LogP contribution in [-0.4, -0.2) is 5.84 Å². The first-order chi connectivity index (χ1) is 7.93. The number of hydrogen-bond acceptors (Lipinski definition) is 3. The maximum atomic E-state index is 5.70. The molecule has 2 aromatic rings. The van der Waals surface area contributed by atoms with E-state index in [0.29, 0.717) is 0 Å². The van der Waals surface area contributed by atoms with E-state index in [1.165, 1.54) is 0 Å². The number of para-hydroxylation sites is 1. The molecule has 78 valence electrons. The Kier molecular flexibility index (Phi) is 2.07. The Morgan fingerprint density at radius 1 is 1.12 bits per heavy atom. The molecule has 0 saturated carbocycles. The van der Waals surface area contributed by atoms with E-state index in [4.69, 9.17) is 4.42 Å². The van der Waals surface area contributed by atoms with E-state index in [-0.39, 0.29) is 0 Å². The van der Waals surface area contributed by atoms with E-state index >= 15 is 0 Å². The maximum absolute atomic E-state index is 5.70. The average molecular weight is 210 g/mol. The summed E-state index contributed by atoms with van der Waals surface area (Å²) in [5.41, 5.74) is 0.874. The van der Waals surface area contributed by atoms with Crippen molar-refractivity contribution in [3.63, 3.8) is 0 Å². The van der Waals surface area contributed by atoms with Gasteiger partial charge in [-0.2, -0.15) is 0 Å². The van der Waals surface area contributed by atoms with Crippen molar-refractivity contribution in [2.24, 2.45) is 4.99 Å². The van der Waals surface area contributed by atoms with Gasteiger partial charge in [0.05, 0.1) is 0 Å². The normalized spacial score (nSPS) is 14.6. The third kappa shape index (κ3) is 1.52. The molecule has 0 bridgehead atoms. The summed E-state index contributed by atoms with van der Waals surface area (Å²) in [5.74, 6) is 1.47. The van der Waals surface area contributed by atoms with Crippen molar-refractivity contribution >= 4 is 16.8 Å². The van der Waals surface area contributed by atoms with Crippen molar-refractivity contribution in [3.8, 4) is 0 Å². The van der Waals surface area contributed by atoms with Gasteiger partial charge in [0.25, 0.3) is 0 Å². The minimum absolute atomic E-state index is 0.723. The third-order valence-electron chi connectivity index (χ3n) is 2.38. The van der Waals surface area contributed by atoms with Gasteiger partial charge in [-0.15, -0.1) is 0 Å². The van der Waals surface area contributed by atoms with Gasteiger partial charge in [0.15, 0.2) is 11.6 Å². The number of nitrogens with one attached hydrogen (secondary N) is 1. The minimum Gasteiger partial charge on any atom is -0.453 e. The first-order valence-corrected chi connectivity index (χ1v) is 5.08. The SMILES string of the molecule is C1=CN=C(c2cc3ccccc3o2)NC=C1. The molecule has 1 aromatic carbocycles. The average Bonchev–Trinajstić information content (AvgIpc) is 2.56. The number of nitrogens with zero attached hydrogens (tertiary/aromatic N) is 1. The fraction of sp³-hybridized carbons (Fsp3) is 0. The van der Waals surface area contributed by atoms with Gasteiger partial charge in [-0.1, -0.05) is 18.2 Å². The number of hydrogen-bond donors (Lipinski definition) is 1. The summed E-state index contributed by atoms with van der Waals surface area (Å²) in [6.45, 7) is 0. The summed E-state index contributed by atoms with van der Waals surface area (Å²) < 4.78 is 5.70. The molecule has 0 fully saturated rings. The molecular formula is C13H10N2O. The van der Waals surface area contributed by atoms with Crippen molar-refractivity contribution in [2.45, 2.75) is 0 Å². The number of aliphatic imine (C=N–C) groups is 1. The monoisotopic (exact) mass is 210 g/mol. The first kappa shape index (κ1) is 8.97. The van der Waals surface area contributed by atoms with Crippen LogP contribution in [0.4, 0.5) is 0 Å². The molecule has 1 aliphatic rings. The molecule has 0 unspecified atom stereocenters. The van der Waals surface area contributed by atoms with Crippen LogP contribution in [0.3, 0.4) is 0 Å². The van der Waals surface area contributed by atoms with Crippen LogP contribution < -0.4 is 5.32 Å². The zero-order valence-corrected chi connectivity index (χ0v) is 8.55. The van der Waals surface area contributed by atoms with Gasteiger partial charge >= 0.3 is 0 Å². The van der Waals surface area contributed by atoms with E-state index in [1.54, 1.807) is 6.20 Å². The lowest BCUT2D eigenvalue weighted by molar-refractivity contribution is 0.602. The molecule has 0 atom stereocenters. The largest absolute Gasteiger partial charge is 0.453 e. The highest BCUT2D eigenvalue weighted by Gasteiger charge is 2.08. The number of allylic oxidation sites excluding steroid dienone is 2. The van der Waals surface area contributed by atoms with Crippen LogP contribution in [0.25, 0.3) is 11.0 Å². The standard InChI is InChI=1S/C13H10N2O/c1-2-6-11-10(5-1)9-12(16-11)13-14-7-3-4-8-15-13/h1-9H,(H,14,15). The van der Waals surface area contributed by atoms with Gasteiger partial charge in [-0.05, 0) is 24.3 Å². The maximum Gasteiger partial charge on any atom is 0.173 e. The number of rotatable bonds is 1. The number of furan rings is 1. The summed E-state index contributed by atoms with van der Waals surface area (Å²) in [6.07, 6.45) is 7.32. The molecule has 1 N–H and O–H groups in total. The van der Waals surface area contributed by atoms with Crippen LogP contribution in [-0.2, 0) is 0 Å². The number of amidine groups is 1. The molecule has 16 heavy (non-hydrogen) atoms. The van der Waals surface area contributed by atoms with Gasteiger partial charge in [-0.3, -0.25) is 0 Å². The lowest BCUT2D eigenvalue weighted by Crippen LogP contribution is -2.16. The molecule has 0 radical (unpaired) electrons.